The van der Waals surface area contributed by atoms with Crippen LogP contribution in [0.25, 0.3) is 0 Å². The lowest BCUT2D eigenvalue weighted by atomic mass is 10.1. The van der Waals surface area contributed by atoms with Gasteiger partial charge in [0.05, 0.1) is 5.56 Å². The number of carbonyl (C=O) groups excluding carboxylic acids is 1. The summed E-state index contributed by atoms with van der Waals surface area (Å²) in [5.74, 6) is -1.50. The number of aromatic carboxylic acids is 1. The second-order valence-electron chi connectivity index (χ2n) is 4.45. The number of carboxylic acid groups (broad SMARTS) is 1. The van der Waals surface area contributed by atoms with Crippen molar-refractivity contribution in [3.05, 3.63) is 63.1 Å². The first-order chi connectivity index (χ1) is 9.86. The third kappa shape index (κ3) is 3.74. The van der Waals surface area contributed by atoms with Crippen molar-refractivity contribution < 1.29 is 14.7 Å². The van der Waals surface area contributed by atoms with E-state index in [0.717, 1.165) is 5.56 Å². The molecule has 1 amide bonds. The molecule has 0 aliphatic rings. The molecule has 2 rings (SSSR count). The Balaban J connectivity index is 2.31. The molecule has 21 heavy (non-hydrogen) atoms. The van der Waals surface area contributed by atoms with Crippen molar-refractivity contribution in [3.8, 4) is 0 Å². The third-order valence-corrected chi connectivity index (χ3v) is 3.30. The Morgan fingerprint density at radius 1 is 1.05 bits per heavy atom. The van der Waals surface area contributed by atoms with Crippen molar-refractivity contribution in [3.63, 3.8) is 0 Å². The number of amides is 1. The first-order valence-electron chi connectivity index (χ1n) is 5.98. The number of carbonyl (C=O) groups is 2. The summed E-state index contributed by atoms with van der Waals surface area (Å²) in [5, 5.41) is 12.3. The highest BCUT2D eigenvalue weighted by molar-refractivity contribution is 6.31. The Kier molecular flexibility index (Phi) is 4.50. The zero-order valence-electron chi connectivity index (χ0n) is 11.0. The molecule has 6 heteroatoms. The molecule has 0 spiro atoms. The maximum atomic E-state index is 12.2. The lowest BCUT2D eigenvalue weighted by Gasteiger charge is -2.09. The molecule has 0 saturated carbocycles. The van der Waals surface area contributed by atoms with Crippen molar-refractivity contribution in [1.82, 2.24) is 0 Å². The molecule has 0 heterocycles. The number of hydrogen-bond acceptors (Lipinski definition) is 2. The number of hydrogen-bond donors (Lipinski definition) is 2. The fourth-order valence-corrected chi connectivity index (χ4v) is 2.23. The Morgan fingerprint density at radius 3 is 2.43 bits per heavy atom. The third-order valence-electron chi connectivity index (χ3n) is 2.85. The number of benzene rings is 2. The minimum atomic E-state index is -1.12. The first kappa shape index (κ1) is 15.4. The van der Waals surface area contributed by atoms with Crippen LogP contribution >= 0.6 is 23.2 Å². The van der Waals surface area contributed by atoms with Crippen LogP contribution in [0.2, 0.25) is 10.0 Å². The predicted octanol–water partition coefficient (Wildman–Crippen LogP) is 4.25. The Hall–Kier alpha value is -2.04. The summed E-state index contributed by atoms with van der Waals surface area (Å²) >= 11 is 11.7. The van der Waals surface area contributed by atoms with Gasteiger partial charge in [-0.1, -0.05) is 29.3 Å². The molecule has 0 fully saturated rings. The van der Waals surface area contributed by atoms with E-state index in [4.69, 9.17) is 28.3 Å². The smallest absolute Gasteiger partial charge is 0.335 e. The van der Waals surface area contributed by atoms with Crippen LogP contribution < -0.4 is 5.32 Å². The summed E-state index contributed by atoms with van der Waals surface area (Å²) in [5.41, 5.74) is 1.49. The monoisotopic (exact) mass is 323 g/mol. The number of halogens is 2. The van der Waals surface area contributed by atoms with E-state index in [0.29, 0.717) is 16.3 Å². The van der Waals surface area contributed by atoms with E-state index in [-0.39, 0.29) is 16.5 Å². The highest BCUT2D eigenvalue weighted by Gasteiger charge is 2.12. The average molecular weight is 324 g/mol. The Labute approximate surface area is 131 Å². The molecule has 2 aromatic rings. The summed E-state index contributed by atoms with van der Waals surface area (Å²) in [7, 11) is 0. The van der Waals surface area contributed by atoms with Crippen molar-refractivity contribution in [2.24, 2.45) is 0 Å². The quantitative estimate of drug-likeness (QED) is 0.887. The number of anilines is 1. The van der Waals surface area contributed by atoms with Gasteiger partial charge in [-0.15, -0.1) is 0 Å². The van der Waals surface area contributed by atoms with Crippen LogP contribution in [0.1, 0.15) is 26.3 Å². The van der Waals surface area contributed by atoms with Gasteiger partial charge in [0, 0.05) is 21.3 Å². The van der Waals surface area contributed by atoms with Gasteiger partial charge >= 0.3 is 5.97 Å². The first-order valence-corrected chi connectivity index (χ1v) is 6.74. The molecule has 0 aliphatic heterocycles. The van der Waals surface area contributed by atoms with E-state index in [1.54, 1.807) is 25.1 Å². The maximum absolute atomic E-state index is 12.2. The van der Waals surface area contributed by atoms with E-state index in [1.807, 2.05) is 0 Å². The molecule has 0 radical (unpaired) electrons. The SMILES string of the molecule is Cc1ccc(Cl)cc1C(=O)Nc1cc(Cl)cc(C(=O)O)c1. The molecule has 2 N–H and O–H groups in total. The lowest BCUT2D eigenvalue weighted by molar-refractivity contribution is 0.0696. The zero-order valence-corrected chi connectivity index (χ0v) is 12.5. The van der Waals surface area contributed by atoms with Crippen LogP contribution in [0.5, 0.6) is 0 Å². The highest BCUT2D eigenvalue weighted by atomic mass is 35.5. The molecule has 0 saturated heterocycles. The maximum Gasteiger partial charge on any atom is 0.335 e. The van der Waals surface area contributed by atoms with Gasteiger partial charge in [-0.05, 0) is 42.8 Å². The van der Waals surface area contributed by atoms with E-state index in [2.05, 4.69) is 5.32 Å². The molecule has 0 aliphatic carbocycles. The van der Waals surface area contributed by atoms with Crippen molar-refractivity contribution in [1.29, 1.82) is 0 Å². The van der Waals surface area contributed by atoms with Gasteiger partial charge in [-0.3, -0.25) is 4.79 Å². The van der Waals surface area contributed by atoms with Crippen LogP contribution in [-0.4, -0.2) is 17.0 Å². The topological polar surface area (TPSA) is 66.4 Å². The fourth-order valence-electron chi connectivity index (χ4n) is 1.82. The van der Waals surface area contributed by atoms with Crippen molar-refractivity contribution >= 4 is 40.8 Å². The van der Waals surface area contributed by atoms with Gasteiger partial charge in [0.25, 0.3) is 5.91 Å². The van der Waals surface area contributed by atoms with E-state index in [1.165, 1.54) is 18.2 Å². The second-order valence-corrected chi connectivity index (χ2v) is 5.32. The molecule has 0 bridgehead atoms. The van der Waals surface area contributed by atoms with E-state index in [9.17, 15) is 9.59 Å². The van der Waals surface area contributed by atoms with Gasteiger partial charge in [0.15, 0.2) is 0 Å². The minimum absolute atomic E-state index is 0.000570. The van der Waals surface area contributed by atoms with Gasteiger partial charge in [0.1, 0.15) is 0 Å². The van der Waals surface area contributed by atoms with Crippen molar-refractivity contribution in [2.45, 2.75) is 6.92 Å². The summed E-state index contributed by atoms with van der Waals surface area (Å²) in [6.07, 6.45) is 0. The normalized spacial score (nSPS) is 10.2. The molecule has 4 nitrogen and oxygen atoms in total. The summed E-state index contributed by atoms with van der Waals surface area (Å²) in [6, 6.07) is 9.10. The molecule has 0 aromatic heterocycles. The van der Waals surface area contributed by atoms with E-state index < -0.39 is 5.97 Å². The number of rotatable bonds is 3. The summed E-state index contributed by atoms with van der Waals surface area (Å²) in [6.45, 7) is 1.78. The summed E-state index contributed by atoms with van der Waals surface area (Å²) in [4.78, 5) is 23.2. The lowest BCUT2D eigenvalue weighted by Crippen LogP contribution is -2.14. The zero-order chi connectivity index (χ0) is 15.6. The van der Waals surface area contributed by atoms with Crippen molar-refractivity contribution in [2.75, 3.05) is 5.32 Å². The van der Waals surface area contributed by atoms with Gasteiger partial charge in [-0.25, -0.2) is 4.79 Å². The average Bonchev–Trinajstić information content (AvgIpc) is 2.40. The molecular formula is C15H11Cl2NO3. The Morgan fingerprint density at radius 2 is 1.76 bits per heavy atom. The standard InChI is InChI=1S/C15H11Cl2NO3/c1-8-2-3-10(16)7-13(8)14(19)18-12-5-9(15(20)21)4-11(17)6-12/h2-7H,1H3,(H,18,19)(H,20,21). The number of nitrogens with one attached hydrogen (secondary N) is 1. The van der Waals surface area contributed by atoms with Gasteiger partial charge in [-0.2, -0.15) is 0 Å². The summed E-state index contributed by atoms with van der Waals surface area (Å²) < 4.78 is 0. The molecule has 0 atom stereocenters. The number of aryl methyl sites for hydroxylation is 1. The highest BCUT2D eigenvalue weighted by Crippen LogP contribution is 2.21. The molecule has 108 valence electrons. The predicted molar refractivity (Wildman–Crippen MR) is 82.6 cm³/mol. The van der Waals surface area contributed by atoms with Crippen LogP contribution in [0, 0.1) is 6.92 Å². The van der Waals surface area contributed by atoms with Gasteiger partial charge in [0.2, 0.25) is 0 Å². The largest absolute Gasteiger partial charge is 0.478 e. The van der Waals surface area contributed by atoms with Crippen LogP contribution in [0.3, 0.4) is 0 Å². The number of carboxylic acids is 1. The van der Waals surface area contributed by atoms with Crippen LogP contribution in [0.15, 0.2) is 36.4 Å². The van der Waals surface area contributed by atoms with Gasteiger partial charge < -0.3 is 10.4 Å². The molecule has 2 aromatic carbocycles. The Bertz CT molecular complexity index is 729. The molecular weight excluding hydrogens is 313 g/mol. The van der Waals surface area contributed by atoms with E-state index >= 15 is 0 Å². The second kappa shape index (κ2) is 6.16. The van der Waals surface area contributed by atoms with Crippen LogP contribution in [-0.2, 0) is 0 Å². The minimum Gasteiger partial charge on any atom is -0.478 e. The van der Waals surface area contributed by atoms with Crippen LogP contribution in [0.4, 0.5) is 5.69 Å². The molecule has 0 unspecified atom stereocenters. The fraction of sp³-hybridized carbons (Fsp3) is 0.0667.